The van der Waals surface area contributed by atoms with E-state index in [0.29, 0.717) is 17.2 Å². The molecule has 0 unspecified atom stereocenters. The third-order valence-corrected chi connectivity index (χ3v) is 3.91. The van der Waals surface area contributed by atoms with E-state index in [-0.39, 0.29) is 5.91 Å². The third-order valence-electron chi connectivity index (χ3n) is 2.66. The molecule has 0 aliphatic heterocycles. The smallest absolute Gasteiger partial charge is 0.274 e. The first-order chi connectivity index (χ1) is 9.51. The van der Waals surface area contributed by atoms with Crippen LogP contribution in [0.3, 0.4) is 0 Å². The van der Waals surface area contributed by atoms with Gasteiger partial charge in [0.05, 0.1) is 5.69 Å². The summed E-state index contributed by atoms with van der Waals surface area (Å²) >= 11 is 6.90. The van der Waals surface area contributed by atoms with Gasteiger partial charge < -0.3 is 10.6 Å². The molecular formula is C14H13Br2N3O. The fourth-order valence-electron chi connectivity index (χ4n) is 1.70. The Hall–Kier alpha value is -1.40. The molecular weight excluding hydrogens is 386 g/mol. The second-order valence-corrected chi connectivity index (χ2v) is 5.92. The second-order valence-electron chi connectivity index (χ2n) is 4.22. The molecule has 1 aromatic carbocycles. The predicted octanol–water partition coefficient (Wildman–Crippen LogP) is 4.21. The molecule has 2 aromatic rings. The number of nitrogens with zero attached hydrogens (tertiary/aromatic N) is 1. The van der Waals surface area contributed by atoms with E-state index in [0.717, 1.165) is 14.5 Å². The minimum Gasteiger partial charge on any atom is -0.373 e. The molecule has 104 valence electrons. The van der Waals surface area contributed by atoms with Crippen LogP contribution in [0.5, 0.6) is 0 Å². The Bertz CT molecular complexity index is 636. The highest BCUT2D eigenvalue weighted by molar-refractivity contribution is 9.11. The van der Waals surface area contributed by atoms with Crippen molar-refractivity contribution in [3.63, 3.8) is 0 Å². The van der Waals surface area contributed by atoms with E-state index in [1.54, 1.807) is 25.2 Å². The second kappa shape index (κ2) is 6.37. The summed E-state index contributed by atoms with van der Waals surface area (Å²) < 4.78 is 1.64. The zero-order chi connectivity index (χ0) is 14.7. The lowest BCUT2D eigenvalue weighted by atomic mass is 10.2. The Morgan fingerprint density at radius 1 is 1.20 bits per heavy atom. The SMILES string of the molecule is CNc1cccc(C(=O)Nc2c(Br)cc(C)cc2Br)n1. The zero-order valence-corrected chi connectivity index (χ0v) is 14.2. The molecule has 1 amide bonds. The van der Waals surface area contributed by atoms with Gasteiger partial charge in [0, 0.05) is 16.0 Å². The highest BCUT2D eigenvalue weighted by atomic mass is 79.9. The van der Waals surface area contributed by atoms with Crippen LogP contribution in [0.15, 0.2) is 39.3 Å². The van der Waals surface area contributed by atoms with Crippen molar-refractivity contribution in [3.8, 4) is 0 Å². The summed E-state index contributed by atoms with van der Waals surface area (Å²) in [5.74, 6) is 0.395. The molecule has 0 atom stereocenters. The first-order valence-electron chi connectivity index (χ1n) is 5.93. The Balaban J connectivity index is 2.28. The molecule has 0 radical (unpaired) electrons. The summed E-state index contributed by atoms with van der Waals surface area (Å²) in [5.41, 5.74) is 2.14. The molecule has 6 heteroatoms. The number of hydrogen-bond donors (Lipinski definition) is 2. The summed E-state index contributed by atoms with van der Waals surface area (Å²) in [5, 5.41) is 5.76. The van der Waals surface area contributed by atoms with Gasteiger partial charge in [-0.3, -0.25) is 4.79 Å². The van der Waals surface area contributed by atoms with Crippen molar-refractivity contribution in [2.24, 2.45) is 0 Å². The number of pyridine rings is 1. The summed E-state index contributed by atoms with van der Waals surface area (Å²) in [6.45, 7) is 1.99. The van der Waals surface area contributed by atoms with Gasteiger partial charge in [-0.15, -0.1) is 0 Å². The van der Waals surface area contributed by atoms with Crippen molar-refractivity contribution in [1.82, 2.24) is 4.98 Å². The van der Waals surface area contributed by atoms with Crippen molar-refractivity contribution < 1.29 is 4.79 Å². The van der Waals surface area contributed by atoms with Crippen LogP contribution in [-0.2, 0) is 0 Å². The molecule has 1 heterocycles. The van der Waals surface area contributed by atoms with Crippen molar-refractivity contribution in [2.45, 2.75) is 6.92 Å². The zero-order valence-electron chi connectivity index (χ0n) is 11.0. The van der Waals surface area contributed by atoms with Gasteiger partial charge in [-0.1, -0.05) is 6.07 Å². The van der Waals surface area contributed by atoms with Crippen LogP contribution >= 0.6 is 31.9 Å². The van der Waals surface area contributed by atoms with Crippen LogP contribution in [0, 0.1) is 6.92 Å². The Kier molecular flexibility index (Phi) is 4.77. The van der Waals surface area contributed by atoms with Gasteiger partial charge >= 0.3 is 0 Å². The number of aromatic nitrogens is 1. The molecule has 0 saturated carbocycles. The van der Waals surface area contributed by atoms with Crippen LogP contribution in [0.1, 0.15) is 16.1 Å². The maximum atomic E-state index is 12.2. The number of hydrogen-bond acceptors (Lipinski definition) is 3. The number of rotatable bonds is 3. The minimum absolute atomic E-state index is 0.257. The molecule has 0 fully saturated rings. The predicted molar refractivity (Wildman–Crippen MR) is 88.3 cm³/mol. The summed E-state index contributed by atoms with van der Waals surface area (Å²) in [6.07, 6.45) is 0. The average molecular weight is 399 g/mol. The molecule has 2 rings (SSSR count). The summed E-state index contributed by atoms with van der Waals surface area (Å²) in [6, 6.07) is 9.14. The Morgan fingerprint density at radius 3 is 2.45 bits per heavy atom. The lowest BCUT2D eigenvalue weighted by molar-refractivity contribution is 0.102. The molecule has 0 bridgehead atoms. The van der Waals surface area contributed by atoms with Crippen molar-refractivity contribution in [1.29, 1.82) is 0 Å². The largest absolute Gasteiger partial charge is 0.373 e. The van der Waals surface area contributed by atoms with Gasteiger partial charge in [0.1, 0.15) is 11.5 Å². The van der Waals surface area contributed by atoms with Gasteiger partial charge in [0.2, 0.25) is 0 Å². The van der Waals surface area contributed by atoms with Crippen LogP contribution in [0.4, 0.5) is 11.5 Å². The fraction of sp³-hybridized carbons (Fsp3) is 0.143. The molecule has 2 N–H and O–H groups in total. The minimum atomic E-state index is -0.257. The highest BCUT2D eigenvalue weighted by Crippen LogP contribution is 2.32. The van der Waals surface area contributed by atoms with Crippen LogP contribution in [0.25, 0.3) is 0 Å². The molecule has 0 aliphatic carbocycles. The van der Waals surface area contributed by atoms with Gasteiger partial charge in [-0.2, -0.15) is 0 Å². The van der Waals surface area contributed by atoms with E-state index in [2.05, 4.69) is 47.5 Å². The maximum Gasteiger partial charge on any atom is 0.274 e. The fourth-order valence-corrected chi connectivity index (χ4v) is 3.31. The van der Waals surface area contributed by atoms with Crippen LogP contribution in [-0.4, -0.2) is 17.9 Å². The van der Waals surface area contributed by atoms with E-state index in [9.17, 15) is 4.79 Å². The lowest BCUT2D eigenvalue weighted by Gasteiger charge is -2.11. The van der Waals surface area contributed by atoms with E-state index < -0.39 is 0 Å². The summed E-state index contributed by atoms with van der Waals surface area (Å²) in [7, 11) is 1.76. The topological polar surface area (TPSA) is 54.0 Å². The van der Waals surface area contributed by atoms with Gasteiger partial charge in [0.15, 0.2) is 0 Å². The van der Waals surface area contributed by atoms with Gasteiger partial charge in [-0.25, -0.2) is 4.98 Å². The Labute approximate surface area is 134 Å². The van der Waals surface area contributed by atoms with Gasteiger partial charge in [0.25, 0.3) is 5.91 Å². The summed E-state index contributed by atoms with van der Waals surface area (Å²) in [4.78, 5) is 16.4. The molecule has 20 heavy (non-hydrogen) atoms. The number of carbonyl (C=O) groups is 1. The van der Waals surface area contributed by atoms with Crippen molar-refractivity contribution in [3.05, 3.63) is 50.5 Å². The van der Waals surface area contributed by atoms with Gasteiger partial charge in [-0.05, 0) is 68.6 Å². The number of aryl methyl sites for hydroxylation is 1. The number of nitrogens with one attached hydrogen (secondary N) is 2. The number of amides is 1. The number of anilines is 2. The quantitative estimate of drug-likeness (QED) is 0.814. The number of benzene rings is 1. The molecule has 0 saturated heterocycles. The van der Waals surface area contributed by atoms with E-state index in [1.807, 2.05) is 19.1 Å². The standard InChI is InChI=1S/C14H13Br2N3O/c1-8-6-9(15)13(10(16)7-8)19-14(20)11-4-3-5-12(17-2)18-11/h3-7H,1-2H3,(H,17,18)(H,19,20). The molecule has 0 spiro atoms. The third kappa shape index (κ3) is 3.37. The van der Waals surface area contributed by atoms with Crippen LogP contribution in [0.2, 0.25) is 0 Å². The highest BCUT2D eigenvalue weighted by Gasteiger charge is 2.13. The van der Waals surface area contributed by atoms with Crippen LogP contribution < -0.4 is 10.6 Å². The molecule has 4 nitrogen and oxygen atoms in total. The number of carbonyl (C=O) groups excluding carboxylic acids is 1. The normalized spacial score (nSPS) is 10.2. The van der Waals surface area contributed by atoms with E-state index in [1.165, 1.54) is 0 Å². The first kappa shape index (κ1) is 15.0. The number of halogens is 2. The molecule has 0 aliphatic rings. The first-order valence-corrected chi connectivity index (χ1v) is 7.51. The van der Waals surface area contributed by atoms with Crippen molar-refractivity contribution in [2.75, 3.05) is 17.7 Å². The van der Waals surface area contributed by atoms with E-state index in [4.69, 9.17) is 0 Å². The average Bonchev–Trinajstić information content (AvgIpc) is 2.42. The molecule has 1 aromatic heterocycles. The Morgan fingerprint density at radius 2 is 1.85 bits per heavy atom. The van der Waals surface area contributed by atoms with E-state index >= 15 is 0 Å². The van der Waals surface area contributed by atoms with Crippen molar-refractivity contribution >= 4 is 49.3 Å². The lowest BCUT2D eigenvalue weighted by Crippen LogP contribution is -2.15. The maximum absolute atomic E-state index is 12.2. The monoisotopic (exact) mass is 397 g/mol.